The molecule has 0 spiro atoms. The molecule has 0 saturated carbocycles. The number of alkyl halides is 3. The van der Waals surface area contributed by atoms with E-state index < -0.39 is 28.2 Å². The molecule has 2 unspecified atom stereocenters. The lowest BCUT2D eigenvalue weighted by atomic mass is 10.1. The monoisotopic (exact) mass is 474 g/mol. The summed E-state index contributed by atoms with van der Waals surface area (Å²) in [6.45, 7) is -1.71. The van der Waals surface area contributed by atoms with Gasteiger partial charge in [-0.05, 0) is 35.0 Å². The first-order chi connectivity index (χ1) is 14.5. The normalized spacial score (nSPS) is 13.9. The van der Waals surface area contributed by atoms with Crippen molar-refractivity contribution in [1.82, 2.24) is 0 Å². The van der Waals surface area contributed by atoms with Gasteiger partial charge in [0.1, 0.15) is 17.8 Å². The predicted octanol–water partition coefficient (Wildman–Crippen LogP) is 3.81. The zero-order chi connectivity index (χ0) is 23.2. The summed E-state index contributed by atoms with van der Waals surface area (Å²) in [5.74, 6) is 1.36. The number of halogens is 3. The molecule has 10 heteroatoms. The average Bonchev–Trinajstić information content (AvgIpc) is 2.73. The third-order valence-corrected chi connectivity index (χ3v) is 7.09. The van der Waals surface area contributed by atoms with Gasteiger partial charge >= 0.3 is 5.25 Å². The fourth-order valence-electron chi connectivity index (χ4n) is 2.68. The van der Waals surface area contributed by atoms with E-state index in [0.29, 0.717) is 5.75 Å². The maximum atomic E-state index is 11.9. The topological polar surface area (TPSA) is 97.7 Å². The zero-order valence-electron chi connectivity index (χ0n) is 16.4. The van der Waals surface area contributed by atoms with E-state index in [1.54, 1.807) is 12.1 Å². The van der Waals surface area contributed by atoms with Crippen molar-refractivity contribution in [2.45, 2.75) is 22.1 Å². The van der Waals surface area contributed by atoms with Gasteiger partial charge in [-0.1, -0.05) is 42.5 Å². The number of aliphatic hydroxyl groups excluding tert-OH is 1. The molecule has 3 aromatic rings. The summed E-state index contributed by atoms with van der Waals surface area (Å²) in [5, 5.41) is 14.7. The number of phenolic OH excluding ortho intramolecular Hbond substituents is 1. The van der Waals surface area contributed by atoms with Crippen LogP contribution in [0.3, 0.4) is 0 Å². The van der Waals surface area contributed by atoms with Crippen molar-refractivity contribution in [3.63, 3.8) is 0 Å². The summed E-state index contributed by atoms with van der Waals surface area (Å²) in [6.07, 6.45) is -1.11. The number of hydrogen-bond donors (Lipinski definition) is 2. The molecule has 0 saturated heterocycles. The van der Waals surface area contributed by atoms with Gasteiger partial charge in [0.25, 0.3) is 0 Å². The number of fused-ring (bicyclic) bond motifs is 1. The smallest absolute Gasteiger partial charge is 0.367 e. The van der Waals surface area contributed by atoms with Crippen LogP contribution in [0.2, 0.25) is 0 Å². The van der Waals surface area contributed by atoms with Gasteiger partial charge < -0.3 is 14.8 Å². The molecule has 168 valence electrons. The van der Waals surface area contributed by atoms with Gasteiger partial charge in [0.15, 0.2) is 21.2 Å². The Labute approximate surface area is 181 Å². The van der Waals surface area contributed by atoms with Crippen LogP contribution in [0.25, 0.3) is 10.8 Å². The number of phenols is 1. The third-order valence-electron chi connectivity index (χ3n) is 4.35. The second-order valence-electron chi connectivity index (χ2n) is 6.58. The summed E-state index contributed by atoms with van der Waals surface area (Å²) < 4.78 is 64.4. The number of aromatic hydroxyl groups is 1. The highest BCUT2D eigenvalue weighted by molar-refractivity contribution is 7.95. The van der Waals surface area contributed by atoms with Crippen LogP contribution in [0, 0.1) is 0 Å². The molecule has 0 bridgehead atoms. The van der Waals surface area contributed by atoms with E-state index in [4.69, 9.17) is 5.11 Å². The third kappa shape index (κ3) is 6.36. The maximum Gasteiger partial charge on any atom is 0.367 e. The summed E-state index contributed by atoms with van der Waals surface area (Å²) in [5.41, 5.74) is 1.39. The zero-order valence-corrected chi connectivity index (χ0v) is 18.0. The van der Waals surface area contributed by atoms with Gasteiger partial charge in [-0.15, -0.1) is 0 Å². The van der Waals surface area contributed by atoms with Crippen LogP contribution in [0.1, 0.15) is 5.56 Å². The van der Waals surface area contributed by atoms with Crippen molar-refractivity contribution in [3.05, 3.63) is 72.3 Å². The molecular formula is C21H21F3O5S2. The standard InChI is InChI=1S/C18H16OS.C3H5F3O4S/c1-20(17-11-9-16(19)10-12-17)13-15-7-4-6-14-5-2-3-8-18(14)15;4-2(1-7)3(5,6)11(8,9)10/h2-12H,13H2,1H3;2,7H,1H2,(H,8,9,10). The van der Waals surface area contributed by atoms with E-state index >= 15 is 0 Å². The molecule has 3 aromatic carbocycles. The Kier molecular flexibility index (Phi) is 8.35. The molecule has 0 aliphatic carbocycles. The second-order valence-corrected chi connectivity index (χ2v) is 10.1. The summed E-state index contributed by atoms with van der Waals surface area (Å²) in [7, 11) is -5.89. The van der Waals surface area contributed by atoms with Crippen molar-refractivity contribution in [3.8, 4) is 5.75 Å². The van der Waals surface area contributed by atoms with Crippen LogP contribution in [0.15, 0.2) is 71.6 Å². The van der Waals surface area contributed by atoms with Crippen LogP contribution in [-0.2, 0) is 26.8 Å². The first-order valence-corrected chi connectivity index (χ1v) is 12.1. The summed E-state index contributed by atoms with van der Waals surface area (Å²) in [4.78, 5) is 1.29. The van der Waals surface area contributed by atoms with Gasteiger partial charge in [0.2, 0.25) is 0 Å². The van der Waals surface area contributed by atoms with Crippen molar-refractivity contribution in [2.24, 2.45) is 0 Å². The van der Waals surface area contributed by atoms with Gasteiger partial charge in [-0.2, -0.15) is 8.78 Å². The first-order valence-electron chi connectivity index (χ1n) is 8.93. The highest BCUT2D eigenvalue weighted by Gasteiger charge is 2.46. The lowest BCUT2D eigenvalue weighted by Gasteiger charge is -2.21. The van der Waals surface area contributed by atoms with Crippen LogP contribution >= 0.6 is 0 Å². The molecule has 5 nitrogen and oxygen atoms in total. The highest BCUT2D eigenvalue weighted by Crippen LogP contribution is 2.27. The molecule has 0 aromatic heterocycles. The number of benzene rings is 3. The fourth-order valence-corrected chi connectivity index (χ4v) is 4.55. The Morgan fingerprint density at radius 2 is 1.61 bits per heavy atom. The quantitative estimate of drug-likeness (QED) is 0.418. The Hall–Kier alpha value is -2.27. The molecule has 31 heavy (non-hydrogen) atoms. The van der Waals surface area contributed by atoms with Gasteiger partial charge in [-0.25, -0.2) is 12.8 Å². The van der Waals surface area contributed by atoms with Crippen molar-refractivity contribution < 1.29 is 36.4 Å². The van der Waals surface area contributed by atoms with Gasteiger partial charge in [0.05, 0.1) is 6.61 Å². The second kappa shape index (κ2) is 10.4. The number of hydrogen-bond acceptors (Lipinski definition) is 5. The van der Waals surface area contributed by atoms with E-state index in [9.17, 15) is 31.2 Å². The van der Waals surface area contributed by atoms with E-state index in [0.717, 1.165) is 5.75 Å². The summed E-state index contributed by atoms with van der Waals surface area (Å²) in [6, 6.07) is 22.6. The lowest BCUT2D eigenvalue weighted by molar-refractivity contribution is -0.0273. The lowest BCUT2D eigenvalue weighted by Crippen LogP contribution is -2.40. The minimum absolute atomic E-state index is 0.140. The molecule has 0 aliphatic heterocycles. The minimum Gasteiger partial charge on any atom is -0.743 e. The Morgan fingerprint density at radius 1 is 1.03 bits per heavy atom. The molecule has 0 heterocycles. The van der Waals surface area contributed by atoms with E-state index in [1.807, 2.05) is 12.1 Å². The van der Waals surface area contributed by atoms with E-state index in [-0.39, 0.29) is 10.9 Å². The molecule has 2 N–H and O–H groups in total. The van der Waals surface area contributed by atoms with Crippen LogP contribution < -0.4 is 0 Å². The predicted molar refractivity (Wildman–Crippen MR) is 114 cm³/mol. The van der Waals surface area contributed by atoms with E-state index in [2.05, 4.69) is 48.7 Å². The average molecular weight is 475 g/mol. The molecule has 2 atom stereocenters. The molecule has 0 amide bonds. The molecule has 0 aliphatic rings. The van der Waals surface area contributed by atoms with Crippen molar-refractivity contribution >= 4 is 31.8 Å². The summed E-state index contributed by atoms with van der Waals surface area (Å²) >= 11 is 0. The van der Waals surface area contributed by atoms with E-state index in [1.165, 1.54) is 21.2 Å². The molecule has 0 radical (unpaired) electrons. The SMILES string of the molecule is C[S+](Cc1cccc2ccccc12)c1ccc(O)cc1.O=S(=O)([O-])C(F)(F)C(F)CO. The van der Waals surface area contributed by atoms with Crippen LogP contribution in [0.5, 0.6) is 5.75 Å². The Balaban J connectivity index is 0.000000267. The van der Waals surface area contributed by atoms with Crippen LogP contribution in [-0.4, -0.2) is 47.5 Å². The largest absolute Gasteiger partial charge is 0.743 e. The van der Waals surface area contributed by atoms with Gasteiger partial charge in [-0.3, -0.25) is 0 Å². The number of aliphatic hydroxyl groups is 1. The Bertz CT molecular complexity index is 1100. The first kappa shape index (κ1) is 25.0. The number of rotatable bonds is 6. The Morgan fingerprint density at radius 3 is 2.16 bits per heavy atom. The molecule has 3 rings (SSSR count). The highest BCUT2D eigenvalue weighted by atomic mass is 32.2. The van der Waals surface area contributed by atoms with Crippen molar-refractivity contribution in [2.75, 3.05) is 12.9 Å². The fraction of sp³-hybridized carbons (Fsp3) is 0.238. The molecular weight excluding hydrogens is 453 g/mol. The maximum absolute atomic E-state index is 11.9. The molecule has 0 fully saturated rings. The minimum atomic E-state index is -6.03. The van der Waals surface area contributed by atoms with Crippen LogP contribution in [0.4, 0.5) is 13.2 Å². The van der Waals surface area contributed by atoms with Crippen molar-refractivity contribution in [1.29, 1.82) is 0 Å². The van der Waals surface area contributed by atoms with Gasteiger partial charge in [0, 0.05) is 16.5 Å².